The monoisotopic (exact) mass is 296 g/mol. The fourth-order valence-corrected chi connectivity index (χ4v) is 1.72. The van der Waals surface area contributed by atoms with E-state index in [0.717, 1.165) is 0 Å². The number of rotatable bonds is 8. The molecule has 0 heterocycles. The second-order valence-corrected chi connectivity index (χ2v) is 4.46. The van der Waals surface area contributed by atoms with Crippen molar-refractivity contribution in [1.29, 1.82) is 5.26 Å². The maximum absolute atomic E-state index is 12.0. The number of hydrogen-bond donors (Lipinski definition) is 0. The highest BCUT2D eigenvalue weighted by Gasteiger charge is 2.13. The standard InChI is InChI=1S/C14H17ClN2O3/c1-19-9-8-17(7-3-6-16)14(18)11-20-13-5-2-4-12(15)10-13/h2,4-5,10H,3,7-9,11H2,1H3. The van der Waals surface area contributed by atoms with Crippen LogP contribution in [0.2, 0.25) is 5.02 Å². The zero-order chi connectivity index (χ0) is 14.8. The number of amides is 1. The first-order valence-corrected chi connectivity index (χ1v) is 6.57. The molecule has 6 heteroatoms. The summed E-state index contributed by atoms with van der Waals surface area (Å²) >= 11 is 5.83. The first-order chi connectivity index (χ1) is 9.67. The first kappa shape index (κ1) is 16.3. The van der Waals surface area contributed by atoms with Crippen LogP contribution in [-0.2, 0) is 9.53 Å². The Kier molecular flexibility index (Phi) is 7.48. The molecule has 1 aromatic carbocycles. The van der Waals surface area contributed by atoms with Crippen molar-refractivity contribution in [2.45, 2.75) is 6.42 Å². The normalized spacial score (nSPS) is 9.85. The van der Waals surface area contributed by atoms with Gasteiger partial charge in [0.2, 0.25) is 0 Å². The number of hydrogen-bond acceptors (Lipinski definition) is 4. The van der Waals surface area contributed by atoms with Gasteiger partial charge in [0.15, 0.2) is 6.61 Å². The maximum atomic E-state index is 12.0. The largest absolute Gasteiger partial charge is 0.484 e. The smallest absolute Gasteiger partial charge is 0.260 e. The topological polar surface area (TPSA) is 62.6 Å². The number of methoxy groups -OCH3 is 1. The van der Waals surface area contributed by atoms with Crippen LogP contribution >= 0.6 is 11.6 Å². The predicted molar refractivity (Wildman–Crippen MR) is 75.6 cm³/mol. The van der Waals surface area contributed by atoms with E-state index in [1.54, 1.807) is 36.3 Å². The number of halogens is 1. The number of nitrogens with zero attached hydrogens (tertiary/aromatic N) is 2. The highest BCUT2D eigenvalue weighted by molar-refractivity contribution is 6.30. The van der Waals surface area contributed by atoms with E-state index in [2.05, 4.69) is 0 Å². The second kappa shape index (κ2) is 9.18. The van der Waals surface area contributed by atoms with Crippen molar-refractivity contribution in [1.82, 2.24) is 4.90 Å². The summed E-state index contributed by atoms with van der Waals surface area (Å²) in [5.74, 6) is 0.357. The minimum Gasteiger partial charge on any atom is -0.484 e. The van der Waals surface area contributed by atoms with Crippen LogP contribution in [0.3, 0.4) is 0 Å². The Hall–Kier alpha value is -1.77. The SMILES string of the molecule is COCCN(CCC#N)C(=O)COc1cccc(Cl)c1. The molecule has 0 aliphatic heterocycles. The van der Waals surface area contributed by atoms with E-state index < -0.39 is 0 Å². The van der Waals surface area contributed by atoms with Crippen LogP contribution in [0.4, 0.5) is 0 Å². The summed E-state index contributed by atoms with van der Waals surface area (Å²) in [7, 11) is 1.56. The summed E-state index contributed by atoms with van der Waals surface area (Å²) in [6.45, 7) is 1.15. The molecule has 0 spiro atoms. The Balaban J connectivity index is 2.50. The molecule has 0 saturated carbocycles. The van der Waals surface area contributed by atoms with E-state index in [1.165, 1.54) is 0 Å². The molecule has 1 aromatic rings. The third kappa shape index (κ3) is 5.91. The average molecular weight is 297 g/mol. The molecule has 0 aliphatic carbocycles. The molecule has 0 aromatic heterocycles. The van der Waals surface area contributed by atoms with E-state index in [1.807, 2.05) is 6.07 Å². The van der Waals surface area contributed by atoms with Gasteiger partial charge in [-0.05, 0) is 18.2 Å². The minimum atomic E-state index is -0.183. The van der Waals surface area contributed by atoms with E-state index in [0.29, 0.717) is 30.5 Å². The molecule has 0 radical (unpaired) electrons. The Morgan fingerprint density at radius 3 is 2.90 bits per heavy atom. The Bertz CT molecular complexity index is 474. The van der Waals surface area contributed by atoms with Crippen molar-refractivity contribution in [2.75, 3.05) is 33.4 Å². The molecular weight excluding hydrogens is 280 g/mol. The highest BCUT2D eigenvalue weighted by atomic mass is 35.5. The average Bonchev–Trinajstić information content (AvgIpc) is 2.45. The quantitative estimate of drug-likeness (QED) is 0.737. The molecule has 0 bridgehead atoms. The minimum absolute atomic E-state index is 0.0878. The summed E-state index contributed by atoms with van der Waals surface area (Å²) in [4.78, 5) is 13.6. The molecule has 108 valence electrons. The summed E-state index contributed by atoms with van der Waals surface area (Å²) in [6, 6.07) is 8.87. The van der Waals surface area contributed by atoms with Gasteiger partial charge in [-0.25, -0.2) is 0 Å². The van der Waals surface area contributed by atoms with E-state index in [-0.39, 0.29) is 18.9 Å². The van der Waals surface area contributed by atoms with Crippen molar-refractivity contribution in [3.63, 3.8) is 0 Å². The Labute approximate surface area is 123 Å². The summed E-state index contributed by atoms with van der Waals surface area (Å²) < 4.78 is 10.3. The van der Waals surface area contributed by atoms with Crippen LogP contribution in [0.1, 0.15) is 6.42 Å². The molecule has 0 aliphatic rings. The molecular formula is C14H17ClN2O3. The second-order valence-electron chi connectivity index (χ2n) is 4.03. The van der Waals surface area contributed by atoms with Gasteiger partial charge in [-0.2, -0.15) is 5.26 Å². The third-order valence-electron chi connectivity index (χ3n) is 2.57. The summed E-state index contributed by atoms with van der Waals surface area (Å²) in [5, 5.41) is 9.15. The van der Waals surface area contributed by atoms with Gasteiger partial charge in [0.05, 0.1) is 19.1 Å². The Morgan fingerprint density at radius 2 is 2.25 bits per heavy atom. The fraction of sp³-hybridized carbons (Fsp3) is 0.429. The third-order valence-corrected chi connectivity index (χ3v) is 2.81. The Morgan fingerprint density at radius 1 is 1.45 bits per heavy atom. The van der Waals surface area contributed by atoms with Gasteiger partial charge in [-0.3, -0.25) is 4.79 Å². The lowest BCUT2D eigenvalue weighted by Gasteiger charge is -2.21. The zero-order valence-electron chi connectivity index (χ0n) is 11.3. The van der Waals surface area contributed by atoms with Crippen molar-refractivity contribution < 1.29 is 14.3 Å². The van der Waals surface area contributed by atoms with Crippen LogP contribution in [0, 0.1) is 11.3 Å². The number of ether oxygens (including phenoxy) is 2. The lowest BCUT2D eigenvalue weighted by atomic mass is 10.3. The first-order valence-electron chi connectivity index (χ1n) is 6.19. The zero-order valence-corrected chi connectivity index (χ0v) is 12.1. The molecule has 0 saturated heterocycles. The lowest BCUT2D eigenvalue weighted by Crippen LogP contribution is -2.37. The summed E-state index contributed by atoms with van der Waals surface area (Å²) in [6.07, 6.45) is 0.284. The predicted octanol–water partition coefficient (Wildman–Crippen LogP) is 2.11. The fourth-order valence-electron chi connectivity index (χ4n) is 1.54. The van der Waals surface area contributed by atoms with Gasteiger partial charge >= 0.3 is 0 Å². The number of nitriles is 1. The van der Waals surface area contributed by atoms with Gasteiger partial charge in [-0.1, -0.05) is 17.7 Å². The van der Waals surface area contributed by atoms with Gasteiger partial charge in [0.1, 0.15) is 5.75 Å². The van der Waals surface area contributed by atoms with Crippen LogP contribution in [0.5, 0.6) is 5.75 Å². The molecule has 1 rings (SSSR count). The van der Waals surface area contributed by atoms with E-state index in [4.69, 9.17) is 26.3 Å². The van der Waals surface area contributed by atoms with Gasteiger partial charge in [-0.15, -0.1) is 0 Å². The van der Waals surface area contributed by atoms with E-state index in [9.17, 15) is 4.79 Å². The molecule has 0 fully saturated rings. The molecule has 1 amide bonds. The number of carbonyl (C=O) groups is 1. The molecule has 0 unspecified atom stereocenters. The van der Waals surface area contributed by atoms with Crippen LogP contribution in [-0.4, -0.2) is 44.2 Å². The number of carbonyl (C=O) groups excluding carboxylic acids is 1. The van der Waals surface area contributed by atoms with Gasteiger partial charge < -0.3 is 14.4 Å². The maximum Gasteiger partial charge on any atom is 0.260 e. The van der Waals surface area contributed by atoms with Crippen LogP contribution in [0.25, 0.3) is 0 Å². The molecule has 5 nitrogen and oxygen atoms in total. The molecule has 0 atom stereocenters. The van der Waals surface area contributed by atoms with Gasteiger partial charge in [0.25, 0.3) is 5.91 Å². The van der Waals surface area contributed by atoms with E-state index >= 15 is 0 Å². The van der Waals surface area contributed by atoms with Crippen LogP contribution < -0.4 is 4.74 Å². The molecule has 0 N–H and O–H groups in total. The summed E-state index contributed by atoms with van der Waals surface area (Å²) in [5.41, 5.74) is 0. The van der Waals surface area contributed by atoms with Crippen molar-refractivity contribution in [3.05, 3.63) is 29.3 Å². The highest BCUT2D eigenvalue weighted by Crippen LogP contribution is 2.17. The van der Waals surface area contributed by atoms with Crippen LogP contribution in [0.15, 0.2) is 24.3 Å². The van der Waals surface area contributed by atoms with Gasteiger partial charge in [0, 0.05) is 25.2 Å². The van der Waals surface area contributed by atoms with Crippen molar-refractivity contribution in [2.24, 2.45) is 0 Å². The van der Waals surface area contributed by atoms with Crippen molar-refractivity contribution >= 4 is 17.5 Å². The van der Waals surface area contributed by atoms with Crippen molar-refractivity contribution in [3.8, 4) is 11.8 Å². The lowest BCUT2D eigenvalue weighted by molar-refractivity contribution is -0.133. The molecule has 20 heavy (non-hydrogen) atoms. The number of benzene rings is 1.